The van der Waals surface area contributed by atoms with Crippen LogP contribution in [0, 0.1) is 5.92 Å². The highest BCUT2D eigenvalue weighted by molar-refractivity contribution is 6.35. The molecule has 2 aliphatic rings. The van der Waals surface area contributed by atoms with Crippen molar-refractivity contribution in [3.8, 4) is 0 Å². The van der Waals surface area contributed by atoms with E-state index < -0.39 is 11.8 Å². The first kappa shape index (κ1) is 20.1. The van der Waals surface area contributed by atoms with Gasteiger partial charge in [0.15, 0.2) is 0 Å². The predicted octanol–water partition coefficient (Wildman–Crippen LogP) is 1.96. The van der Waals surface area contributed by atoms with Crippen LogP contribution in [-0.4, -0.2) is 55.6 Å². The first-order valence-electron chi connectivity index (χ1n) is 9.74. The van der Waals surface area contributed by atoms with Gasteiger partial charge in [-0.05, 0) is 62.4 Å². The Labute approximate surface area is 165 Å². The minimum absolute atomic E-state index is 0.312. The van der Waals surface area contributed by atoms with E-state index in [1.54, 1.807) is 12.1 Å². The molecule has 0 aromatic heterocycles. The van der Waals surface area contributed by atoms with Crippen LogP contribution in [0.4, 0.5) is 0 Å². The Morgan fingerprint density at radius 2 is 1.63 bits per heavy atom. The second kappa shape index (κ2) is 10.1. The highest BCUT2D eigenvalue weighted by Gasteiger charge is 2.27. The molecule has 0 bridgehead atoms. The summed E-state index contributed by atoms with van der Waals surface area (Å²) in [5.41, 5.74) is 0.904. The Morgan fingerprint density at radius 3 is 2.30 bits per heavy atom. The molecule has 0 atom stereocenters. The van der Waals surface area contributed by atoms with Gasteiger partial charge in [0, 0.05) is 37.4 Å². The molecule has 148 valence electrons. The number of carbonyl (C=O) groups excluding carboxylic acids is 2. The van der Waals surface area contributed by atoms with E-state index >= 15 is 0 Å². The number of benzene rings is 1. The summed E-state index contributed by atoms with van der Waals surface area (Å²) in [7, 11) is 0. The van der Waals surface area contributed by atoms with Crippen molar-refractivity contribution in [1.82, 2.24) is 15.5 Å². The number of ether oxygens (including phenoxy) is 1. The second-order valence-corrected chi connectivity index (χ2v) is 7.78. The van der Waals surface area contributed by atoms with E-state index in [0.29, 0.717) is 30.1 Å². The number of halogens is 1. The fraction of sp³-hybridized carbons (Fsp3) is 0.600. The Morgan fingerprint density at radius 1 is 1.00 bits per heavy atom. The van der Waals surface area contributed by atoms with Crippen molar-refractivity contribution in [3.63, 3.8) is 0 Å². The van der Waals surface area contributed by atoms with E-state index in [1.165, 1.54) is 0 Å². The van der Waals surface area contributed by atoms with Crippen LogP contribution in [0.2, 0.25) is 5.02 Å². The molecule has 2 fully saturated rings. The highest BCUT2D eigenvalue weighted by atomic mass is 35.5. The summed E-state index contributed by atoms with van der Waals surface area (Å²) < 4.78 is 5.43. The standard InChI is InChI=1S/C20H28ClN3O3/c21-17-3-1-15(2-4-17)13-22-19(25)20(26)23-14-16-5-9-24(10-6-16)18-7-11-27-12-8-18/h1-4,16,18H,5-14H2,(H,22,25)(H,23,26). The first-order valence-corrected chi connectivity index (χ1v) is 10.1. The number of likely N-dealkylation sites (tertiary alicyclic amines) is 1. The molecule has 0 unspecified atom stereocenters. The van der Waals surface area contributed by atoms with Gasteiger partial charge in [0.25, 0.3) is 0 Å². The van der Waals surface area contributed by atoms with Gasteiger partial charge in [-0.1, -0.05) is 23.7 Å². The molecule has 6 nitrogen and oxygen atoms in total. The minimum Gasteiger partial charge on any atom is -0.381 e. The lowest BCUT2D eigenvalue weighted by Gasteiger charge is -2.39. The highest BCUT2D eigenvalue weighted by Crippen LogP contribution is 2.22. The third-order valence-electron chi connectivity index (χ3n) is 5.48. The van der Waals surface area contributed by atoms with Crippen molar-refractivity contribution in [2.45, 2.75) is 38.3 Å². The van der Waals surface area contributed by atoms with Crippen molar-refractivity contribution in [2.75, 3.05) is 32.8 Å². The molecule has 27 heavy (non-hydrogen) atoms. The third-order valence-corrected chi connectivity index (χ3v) is 5.73. The topological polar surface area (TPSA) is 70.7 Å². The summed E-state index contributed by atoms with van der Waals surface area (Å²) in [5, 5.41) is 6.07. The van der Waals surface area contributed by atoms with Crippen molar-refractivity contribution in [2.24, 2.45) is 5.92 Å². The average Bonchev–Trinajstić information content (AvgIpc) is 2.72. The zero-order valence-corrected chi connectivity index (χ0v) is 16.3. The molecule has 1 aromatic rings. The third kappa shape index (κ3) is 6.19. The molecule has 0 radical (unpaired) electrons. The Kier molecular flexibility index (Phi) is 7.50. The van der Waals surface area contributed by atoms with Crippen LogP contribution in [0.15, 0.2) is 24.3 Å². The summed E-state index contributed by atoms with van der Waals surface area (Å²) in [4.78, 5) is 26.5. The van der Waals surface area contributed by atoms with E-state index in [4.69, 9.17) is 16.3 Å². The van der Waals surface area contributed by atoms with Crippen LogP contribution in [0.5, 0.6) is 0 Å². The summed E-state index contributed by atoms with van der Waals surface area (Å²) in [6, 6.07) is 7.82. The number of carbonyl (C=O) groups is 2. The van der Waals surface area contributed by atoms with E-state index in [0.717, 1.165) is 57.6 Å². The van der Waals surface area contributed by atoms with E-state index in [-0.39, 0.29) is 0 Å². The Balaban J connectivity index is 1.33. The zero-order chi connectivity index (χ0) is 19.1. The number of amides is 2. The summed E-state index contributed by atoms with van der Waals surface area (Å²) in [5.74, 6) is -0.713. The van der Waals surface area contributed by atoms with Crippen molar-refractivity contribution in [1.29, 1.82) is 0 Å². The van der Waals surface area contributed by atoms with Crippen LogP contribution in [0.3, 0.4) is 0 Å². The zero-order valence-electron chi connectivity index (χ0n) is 15.6. The van der Waals surface area contributed by atoms with E-state index in [1.807, 2.05) is 12.1 Å². The van der Waals surface area contributed by atoms with Gasteiger partial charge < -0.3 is 20.3 Å². The van der Waals surface area contributed by atoms with Crippen molar-refractivity contribution >= 4 is 23.4 Å². The normalized spacial score (nSPS) is 19.6. The smallest absolute Gasteiger partial charge is 0.309 e. The lowest BCUT2D eigenvalue weighted by Crippen LogP contribution is -2.47. The van der Waals surface area contributed by atoms with Gasteiger partial charge in [-0.3, -0.25) is 9.59 Å². The van der Waals surface area contributed by atoms with E-state index in [9.17, 15) is 9.59 Å². The van der Waals surface area contributed by atoms with Crippen molar-refractivity contribution in [3.05, 3.63) is 34.9 Å². The Bertz CT molecular complexity index is 624. The molecule has 2 heterocycles. The molecule has 2 aliphatic heterocycles. The second-order valence-electron chi connectivity index (χ2n) is 7.34. The number of rotatable bonds is 5. The van der Waals surface area contributed by atoms with Gasteiger partial charge in [0.2, 0.25) is 0 Å². The lowest BCUT2D eigenvalue weighted by atomic mass is 9.94. The molecular formula is C20H28ClN3O3. The molecule has 0 spiro atoms. The van der Waals surface area contributed by atoms with Crippen LogP contribution < -0.4 is 10.6 Å². The maximum Gasteiger partial charge on any atom is 0.309 e. The van der Waals surface area contributed by atoms with Crippen LogP contribution in [-0.2, 0) is 20.9 Å². The number of hydrogen-bond donors (Lipinski definition) is 2. The number of nitrogens with zero attached hydrogens (tertiary/aromatic N) is 1. The SMILES string of the molecule is O=C(NCc1ccc(Cl)cc1)C(=O)NCC1CCN(C2CCOCC2)CC1. The van der Waals surface area contributed by atoms with Gasteiger partial charge in [0.1, 0.15) is 0 Å². The number of piperidine rings is 1. The molecule has 2 saturated heterocycles. The quantitative estimate of drug-likeness (QED) is 0.750. The molecule has 1 aromatic carbocycles. The summed E-state index contributed by atoms with van der Waals surface area (Å²) in [6.07, 6.45) is 4.36. The monoisotopic (exact) mass is 393 g/mol. The van der Waals surface area contributed by atoms with Crippen LogP contribution in [0.25, 0.3) is 0 Å². The minimum atomic E-state index is -0.593. The molecular weight excluding hydrogens is 366 g/mol. The number of hydrogen-bond acceptors (Lipinski definition) is 4. The molecule has 7 heteroatoms. The predicted molar refractivity (Wildman–Crippen MR) is 104 cm³/mol. The average molecular weight is 394 g/mol. The first-order chi connectivity index (χ1) is 13.1. The summed E-state index contributed by atoms with van der Waals surface area (Å²) in [6.45, 7) is 4.74. The maximum absolute atomic E-state index is 12.0. The largest absolute Gasteiger partial charge is 0.381 e. The number of nitrogens with one attached hydrogen (secondary N) is 2. The van der Waals surface area contributed by atoms with Gasteiger partial charge in [0.05, 0.1) is 0 Å². The molecule has 0 saturated carbocycles. The molecule has 0 aliphatic carbocycles. The van der Waals surface area contributed by atoms with Gasteiger partial charge in [-0.25, -0.2) is 0 Å². The van der Waals surface area contributed by atoms with Crippen molar-refractivity contribution < 1.29 is 14.3 Å². The van der Waals surface area contributed by atoms with Crippen LogP contribution >= 0.6 is 11.6 Å². The van der Waals surface area contributed by atoms with Gasteiger partial charge in [-0.15, -0.1) is 0 Å². The fourth-order valence-electron chi connectivity index (χ4n) is 3.75. The fourth-order valence-corrected chi connectivity index (χ4v) is 3.88. The van der Waals surface area contributed by atoms with Gasteiger partial charge in [-0.2, -0.15) is 0 Å². The Hall–Kier alpha value is -1.63. The lowest BCUT2D eigenvalue weighted by molar-refractivity contribution is -0.139. The molecule has 3 rings (SSSR count). The molecule has 2 amide bonds. The van der Waals surface area contributed by atoms with Crippen LogP contribution in [0.1, 0.15) is 31.2 Å². The maximum atomic E-state index is 12.0. The summed E-state index contributed by atoms with van der Waals surface area (Å²) >= 11 is 5.83. The molecule has 2 N–H and O–H groups in total. The van der Waals surface area contributed by atoms with Gasteiger partial charge >= 0.3 is 11.8 Å². The van der Waals surface area contributed by atoms with E-state index in [2.05, 4.69) is 15.5 Å².